The molecule has 9 heteroatoms. The molecule has 3 N–H and O–H groups in total. The highest BCUT2D eigenvalue weighted by molar-refractivity contribution is 5.74. The number of nitrogens with one attached hydrogen (secondary N) is 2. The Labute approximate surface area is 118 Å². The van der Waals surface area contributed by atoms with E-state index in [9.17, 15) is 22.8 Å². The van der Waals surface area contributed by atoms with Crippen molar-refractivity contribution >= 4 is 12.0 Å². The van der Waals surface area contributed by atoms with Crippen molar-refractivity contribution in [2.24, 2.45) is 0 Å². The van der Waals surface area contributed by atoms with Crippen LogP contribution < -0.4 is 10.6 Å². The Bertz CT molecular complexity index is 506. The summed E-state index contributed by atoms with van der Waals surface area (Å²) in [6, 6.07) is 1.21. The predicted octanol–water partition coefficient (Wildman–Crippen LogP) is 1.42. The number of nitrogens with zero attached hydrogens (tertiary/aromatic N) is 1. The molecular formula is C12H14F3N3O3. The monoisotopic (exact) mass is 305 g/mol. The van der Waals surface area contributed by atoms with Crippen molar-refractivity contribution in [3.63, 3.8) is 0 Å². The van der Waals surface area contributed by atoms with Gasteiger partial charge in [-0.25, -0.2) is 4.79 Å². The summed E-state index contributed by atoms with van der Waals surface area (Å²) in [4.78, 5) is 25.2. The summed E-state index contributed by atoms with van der Waals surface area (Å²) in [5.74, 6) is -1.04. The summed E-state index contributed by atoms with van der Waals surface area (Å²) in [6.45, 7) is 0.0657. The number of hydrogen-bond acceptors (Lipinski definition) is 3. The smallest absolute Gasteiger partial charge is 0.416 e. The van der Waals surface area contributed by atoms with Crippen molar-refractivity contribution < 1.29 is 27.9 Å². The first-order valence-corrected chi connectivity index (χ1v) is 6.04. The fourth-order valence-electron chi connectivity index (χ4n) is 1.44. The number of pyridine rings is 1. The fourth-order valence-corrected chi connectivity index (χ4v) is 1.44. The molecule has 0 saturated carbocycles. The zero-order chi connectivity index (χ0) is 15.9. The molecule has 0 spiro atoms. The van der Waals surface area contributed by atoms with Gasteiger partial charge < -0.3 is 15.7 Å². The van der Waals surface area contributed by atoms with Gasteiger partial charge in [0, 0.05) is 31.4 Å². The maximum atomic E-state index is 12.5. The van der Waals surface area contributed by atoms with Gasteiger partial charge in [0.25, 0.3) is 0 Å². The van der Waals surface area contributed by atoms with Crippen molar-refractivity contribution in [2.45, 2.75) is 19.0 Å². The van der Waals surface area contributed by atoms with Gasteiger partial charge in [0.1, 0.15) is 0 Å². The van der Waals surface area contributed by atoms with Gasteiger partial charge in [0.05, 0.1) is 12.0 Å². The maximum absolute atomic E-state index is 12.5. The number of aliphatic carboxylic acids is 1. The lowest BCUT2D eigenvalue weighted by Crippen LogP contribution is -2.37. The van der Waals surface area contributed by atoms with E-state index in [1.807, 2.05) is 0 Å². The number of halogens is 3. The molecule has 1 aromatic rings. The first-order valence-electron chi connectivity index (χ1n) is 6.04. The number of carboxylic acid groups (broad SMARTS) is 1. The molecule has 0 aliphatic rings. The van der Waals surface area contributed by atoms with Crippen LogP contribution >= 0.6 is 0 Å². The second-order valence-electron chi connectivity index (χ2n) is 4.11. The third kappa shape index (κ3) is 6.59. The van der Waals surface area contributed by atoms with Gasteiger partial charge in [-0.1, -0.05) is 0 Å². The van der Waals surface area contributed by atoms with Crippen LogP contribution in [0.15, 0.2) is 18.3 Å². The number of carbonyl (C=O) groups excluding carboxylic acids is 1. The van der Waals surface area contributed by atoms with Crippen LogP contribution in [0.5, 0.6) is 0 Å². The fraction of sp³-hybridized carbons (Fsp3) is 0.417. The van der Waals surface area contributed by atoms with Crippen LogP contribution in [0.25, 0.3) is 0 Å². The average molecular weight is 305 g/mol. The van der Waals surface area contributed by atoms with E-state index in [2.05, 4.69) is 15.6 Å². The largest absolute Gasteiger partial charge is 0.481 e. The lowest BCUT2D eigenvalue weighted by molar-refractivity contribution is -0.138. The first kappa shape index (κ1) is 16.7. The molecule has 0 radical (unpaired) electrons. The van der Waals surface area contributed by atoms with E-state index in [4.69, 9.17) is 5.11 Å². The number of amides is 2. The van der Waals surface area contributed by atoms with Gasteiger partial charge in [-0.15, -0.1) is 0 Å². The second kappa shape index (κ2) is 7.46. The van der Waals surface area contributed by atoms with Crippen molar-refractivity contribution in [3.05, 3.63) is 29.6 Å². The van der Waals surface area contributed by atoms with Gasteiger partial charge in [-0.2, -0.15) is 13.2 Å². The van der Waals surface area contributed by atoms with Crippen LogP contribution in [0.4, 0.5) is 18.0 Å². The Hall–Kier alpha value is -2.32. The molecule has 0 unspecified atom stereocenters. The first-order chi connectivity index (χ1) is 9.79. The van der Waals surface area contributed by atoms with E-state index in [-0.39, 0.29) is 31.6 Å². The van der Waals surface area contributed by atoms with Gasteiger partial charge in [0.15, 0.2) is 0 Å². The van der Waals surface area contributed by atoms with Crippen LogP contribution in [0, 0.1) is 0 Å². The molecule has 1 heterocycles. The van der Waals surface area contributed by atoms with Gasteiger partial charge in [-0.3, -0.25) is 9.78 Å². The normalized spacial score (nSPS) is 11.0. The van der Waals surface area contributed by atoms with Crippen molar-refractivity contribution in [1.29, 1.82) is 0 Å². The number of carbonyl (C=O) groups is 2. The molecule has 116 valence electrons. The number of rotatable bonds is 6. The predicted molar refractivity (Wildman–Crippen MR) is 66.6 cm³/mol. The highest BCUT2D eigenvalue weighted by Gasteiger charge is 2.30. The molecule has 0 aliphatic heterocycles. The van der Waals surface area contributed by atoms with Crippen LogP contribution in [-0.2, 0) is 17.4 Å². The quantitative estimate of drug-likeness (QED) is 0.741. The van der Waals surface area contributed by atoms with Crippen LogP contribution in [0.1, 0.15) is 17.7 Å². The minimum absolute atomic E-state index is 0.0248. The van der Waals surface area contributed by atoms with Crippen molar-refractivity contribution in [1.82, 2.24) is 15.6 Å². The Morgan fingerprint density at radius 1 is 1.24 bits per heavy atom. The summed E-state index contributed by atoms with van der Waals surface area (Å²) in [6.07, 6.45) is -3.44. The third-order valence-electron chi connectivity index (χ3n) is 2.44. The van der Waals surface area contributed by atoms with Crippen molar-refractivity contribution in [3.8, 4) is 0 Å². The molecule has 0 atom stereocenters. The zero-order valence-electron chi connectivity index (χ0n) is 10.9. The van der Waals surface area contributed by atoms with Crippen LogP contribution in [0.3, 0.4) is 0 Å². The number of aromatic nitrogens is 1. The Morgan fingerprint density at radius 2 is 1.90 bits per heavy atom. The Balaban J connectivity index is 2.36. The van der Waals surface area contributed by atoms with Gasteiger partial charge in [0.2, 0.25) is 0 Å². The zero-order valence-corrected chi connectivity index (χ0v) is 10.9. The summed E-state index contributed by atoms with van der Waals surface area (Å²) >= 11 is 0. The molecule has 0 aliphatic carbocycles. The number of alkyl halides is 3. The van der Waals surface area contributed by atoms with E-state index in [1.54, 1.807) is 0 Å². The molecule has 0 fully saturated rings. The van der Waals surface area contributed by atoms with Crippen molar-refractivity contribution in [2.75, 3.05) is 13.1 Å². The minimum Gasteiger partial charge on any atom is -0.481 e. The second-order valence-corrected chi connectivity index (χ2v) is 4.11. The molecule has 0 aromatic carbocycles. The molecule has 0 saturated heterocycles. The lowest BCUT2D eigenvalue weighted by atomic mass is 10.2. The van der Waals surface area contributed by atoms with E-state index in [1.165, 1.54) is 0 Å². The van der Waals surface area contributed by atoms with Gasteiger partial charge >= 0.3 is 18.2 Å². The summed E-state index contributed by atoms with van der Waals surface area (Å²) < 4.78 is 37.4. The lowest BCUT2D eigenvalue weighted by Gasteiger charge is -2.09. The topological polar surface area (TPSA) is 91.3 Å². The van der Waals surface area contributed by atoms with E-state index in [0.717, 1.165) is 18.3 Å². The molecular weight excluding hydrogens is 291 g/mol. The van der Waals surface area contributed by atoms with Crippen LogP contribution in [-0.4, -0.2) is 35.2 Å². The highest BCUT2D eigenvalue weighted by Crippen LogP contribution is 2.28. The SMILES string of the molecule is O=C(O)CCNC(=O)NCCc1cc(C(F)(F)F)ccn1. The molecule has 1 aromatic heterocycles. The van der Waals surface area contributed by atoms with E-state index >= 15 is 0 Å². The number of carboxylic acids is 1. The number of urea groups is 1. The standard InChI is InChI=1S/C12H14F3N3O3/c13-12(14,15)8-1-4-16-9(7-8)2-5-17-11(21)18-6-3-10(19)20/h1,4,7H,2-3,5-6H2,(H,19,20)(H2,17,18,21). The van der Waals surface area contributed by atoms with E-state index in [0.29, 0.717) is 0 Å². The Kier molecular flexibility index (Phi) is 5.94. The average Bonchev–Trinajstić information content (AvgIpc) is 2.37. The van der Waals surface area contributed by atoms with Crippen LogP contribution in [0.2, 0.25) is 0 Å². The molecule has 2 amide bonds. The molecule has 6 nitrogen and oxygen atoms in total. The van der Waals surface area contributed by atoms with Gasteiger partial charge in [-0.05, 0) is 12.1 Å². The number of hydrogen-bond donors (Lipinski definition) is 3. The summed E-state index contributed by atoms with van der Waals surface area (Å²) in [7, 11) is 0. The third-order valence-corrected chi connectivity index (χ3v) is 2.44. The highest BCUT2D eigenvalue weighted by atomic mass is 19.4. The summed E-state index contributed by atoms with van der Waals surface area (Å²) in [5, 5.41) is 13.1. The van der Waals surface area contributed by atoms with E-state index < -0.39 is 23.7 Å². The molecule has 21 heavy (non-hydrogen) atoms. The summed E-state index contributed by atoms with van der Waals surface area (Å²) in [5.41, 5.74) is -0.589. The maximum Gasteiger partial charge on any atom is 0.416 e. The Morgan fingerprint density at radius 3 is 2.52 bits per heavy atom. The molecule has 1 rings (SSSR count). The molecule has 0 bridgehead atoms. The minimum atomic E-state index is -4.43.